The Morgan fingerprint density at radius 3 is 2.61 bits per heavy atom. The summed E-state index contributed by atoms with van der Waals surface area (Å²) in [5, 5.41) is 2.93. The minimum atomic E-state index is -0.560. The molecule has 1 aromatic heterocycles. The Labute approximate surface area is 132 Å². The molecule has 9 heteroatoms. The maximum Gasteiger partial charge on any atom is 0.318 e. The number of hydrogen-bond acceptors (Lipinski definition) is 5. The molecule has 0 unspecified atom stereocenters. The van der Waals surface area contributed by atoms with Crippen molar-refractivity contribution in [3.8, 4) is 0 Å². The second kappa shape index (κ2) is 6.86. The van der Waals surface area contributed by atoms with E-state index >= 15 is 0 Å². The molecule has 8 nitrogen and oxygen atoms in total. The number of hydrogen-bond donors (Lipinski definition) is 1. The number of nitrogens with one attached hydrogen (secondary N) is 1. The van der Waals surface area contributed by atoms with Crippen LogP contribution in [0.2, 0.25) is 0 Å². The van der Waals surface area contributed by atoms with E-state index in [0.29, 0.717) is 19.8 Å². The van der Waals surface area contributed by atoms with Crippen LogP contribution in [0.15, 0.2) is 12.4 Å². The molecule has 124 valence electrons. The highest BCUT2D eigenvalue weighted by Gasteiger charge is 2.30. The average molecular weight is 323 g/mol. The zero-order chi connectivity index (χ0) is 16.2. The smallest absolute Gasteiger partial charge is 0.318 e. The van der Waals surface area contributed by atoms with Crippen LogP contribution in [0.5, 0.6) is 0 Å². The number of nitrogens with zero attached hydrogens (tertiary/aromatic N) is 4. The Kier molecular flexibility index (Phi) is 4.65. The summed E-state index contributed by atoms with van der Waals surface area (Å²) in [6.45, 7) is 1.89. The predicted molar refractivity (Wildman–Crippen MR) is 78.3 cm³/mol. The molecule has 0 aliphatic carbocycles. The third-order valence-corrected chi connectivity index (χ3v) is 3.90. The molecule has 2 fully saturated rings. The zero-order valence-corrected chi connectivity index (χ0v) is 12.6. The van der Waals surface area contributed by atoms with E-state index in [1.165, 1.54) is 9.80 Å². The van der Waals surface area contributed by atoms with Gasteiger partial charge in [-0.2, -0.15) is 0 Å². The molecule has 1 aromatic rings. The monoisotopic (exact) mass is 323 g/mol. The molecular weight excluding hydrogens is 305 g/mol. The Morgan fingerprint density at radius 1 is 1.26 bits per heavy atom. The van der Waals surface area contributed by atoms with Crippen molar-refractivity contribution in [1.82, 2.24) is 20.2 Å². The first-order valence-electron chi connectivity index (χ1n) is 7.54. The van der Waals surface area contributed by atoms with Gasteiger partial charge in [-0.3, -0.25) is 9.69 Å². The van der Waals surface area contributed by atoms with E-state index in [1.807, 2.05) is 0 Å². The molecule has 0 saturated carbocycles. The van der Waals surface area contributed by atoms with Crippen LogP contribution in [0.4, 0.5) is 15.1 Å². The van der Waals surface area contributed by atoms with Crippen LogP contribution in [-0.4, -0.2) is 65.7 Å². The summed E-state index contributed by atoms with van der Waals surface area (Å²) >= 11 is 0. The largest absolute Gasteiger partial charge is 0.381 e. The molecule has 0 radical (unpaired) electrons. The fraction of sp³-hybridized carbons (Fsp3) is 0.571. The number of amides is 3. The molecular formula is C14H18FN5O3. The first kappa shape index (κ1) is 15.6. The summed E-state index contributed by atoms with van der Waals surface area (Å²) in [7, 11) is 0. The van der Waals surface area contributed by atoms with Crippen LogP contribution in [0.1, 0.15) is 12.8 Å². The van der Waals surface area contributed by atoms with Gasteiger partial charge in [-0.25, -0.2) is 19.2 Å². The minimum Gasteiger partial charge on any atom is -0.381 e. The van der Waals surface area contributed by atoms with Gasteiger partial charge in [0.25, 0.3) is 0 Å². The van der Waals surface area contributed by atoms with E-state index in [9.17, 15) is 14.0 Å². The molecule has 0 aromatic carbocycles. The van der Waals surface area contributed by atoms with Gasteiger partial charge >= 0.3 is 6.03 Å². The average Bonchev–Trinajstić information content (AvgIpc) is 2.57. The molecule has 1 N–H and O–H groups in total. The maximum absolute atomic E-state index is 12.8. The number of anilines is 1. The summed E-state index contributed by atoms with van der Waals surface area (Å²) in [6.07, 6.45) is 3.59. The van der Waals surface area contributed by atoms with Crippen molar-refractivity contribution in [2.24, 2.45) is 0 Å². The van der Waals surface area contributed by atoms with Crippen molar-refractivity contribution in [3.63, 3.8) is 0 Å². The topological polar surface area (TPSA) is 87.7 Å². The fourth-order valence-electron chi connectivity index (χ4n) is 2.61. The van der Waals surface area contributed by atoms with Crippen LogP contribution in [-0.2, 0) is 9.53 Å². The van der Waals surface area contributed by atoms with Crippen LogP contribution in [0, 0.1) is 5.82 Å². The van der Waals surface area contributed by atoms with Gasteiger partial charge in [0.2, 0.25) is 11.9 Å². The lowest BCUT2D eigenvalue weighted by molar-refractivity contribution is -0.120. The number of carbonyl (C=O) groups is 2. The molecule has 2 aliphatic rings. The number of aromatic nitrogens is 2. The van der Waals surface area contributed by atoms with Gasteiger partial charge in [0.05, 0.1) is 12.4 Å². The van der Waals surface area contributed by atoms with E-state index in [4.69, 9.17) is 4.74 Å². The Balaban J connectivity index is 1.56. The highest BCUT2D eigenvalue weighted by atomic mass is 19.1. The SMILES string of the molecule is O=C(NC1CCOCC1)N1CCN(c2ncc(F)cn2)C(=O)C1. The lowest BCUT2D eigenvalue weighted by atomic mass is 10.1. The number of rotatable bonds is 2. The van der Waals surface area contributed by atoms with Gasteiger partial charge < -0.3 is 15.0 Å². The standard InChI is InChI=1S/C14H18FN5O3/c15-10-7-16-13(17-8-10)20-4-3-19(9-12(20)21)14(22)18-11-1-5-23-6-2-11/h7-8,11H,1-6,9H2,(H,18,22). The van der Waals surface area contributed by atoms with Crippen molar-refractivity contribution in [2.45, 2.75) is 18.9 Å². The Morgan fingerprint density at radius 2 is 1.96 bits per heavy atom. The van der Waals surface area contributed by atoms with Crippen LogP contribution in [0.25, 0.3) is 0 Å². The third kappa shape index (κ3) is 3.73. The van der Waals surface area contributed by atoms with Gasteiger partial charge in [-0.1, -0.05) is 0 Å². The van der Waals surface area contributed by atoms with Crippen molar-refractivity contribution < 1.29 is 18.7 Å². The molecule has 2 aliphatic heterocycles. The number of piperazine rings is 1. The van der Waals surface area contributed by atoms with Gasteiger partial charge in [-0.05, 0) is 12.8 Å². The Bertz CT molecular complexity index is 576. The molecule has 3 rings (SSSR count). The molecule has 0 bridgehead atoms. The van der Waals surface area contributed by atoms with Crippen molar-refractivity contribution in [1.29, 1.82) is 0 Å². The number of ether oxygens (including phenoxy) is 1. The van der Waals surface area contributed by atoms with E-state index in [-0.39, 0.29) is 37.0 Å². The predicted octanol–water partition coefficient (Wildman–Crippen LogP) is 0.153. The molecule has 23 heavy (non-hydrogen) atoms. The maximum atomic E-state index is 12.8. The zero-order valence-electron chi connectivity index (χ0n) is 12.6. The molecule has 3 heterocycles. The van der Waals surface area contributed by atoms with E-state index in [1.54, 1.807) is 0 Å². The summed E-state index contributed by atoms with van der Waals surface area (Å²) in [6, 6.07) is -0.158. The summed E-state index contributed by atoms with van der Waals surface area (Å²) in [4.78, 5) is 34.9. The number of halogens is 1. The number of urea groups is 1. The summed E-state index contributed by atoms with van der Waals surface area (Å²) in [5.74, 6) is -0.693. The van der Waals surface area contributed by atoms with Gasteiger partial charge in [0.1, 0.15) is 6.54 Å². The highest BCUT2D eigenvalue weighted by molar-refractivity contribution is 5.96. The van der Waals surface area contributed by atoms with Gasteiger partial charge in [-0.15, -0.1) is 0 Å². The quantitative estimate of drug-likeness (QED) is 0.837. The first-order valence-corrected chi connectivity index (χ1v) is 7.54. The van der Waals surface area contributed by atoms with Crippen molar-refractivity contribution >= 4 is 17.9 Å². The molecule has 0 atom stereocenters. The minimum absolute atomic E-state index is 0.0458. The normalized spacial score (nSPS) is 19.8. The van der Waals surface area contributed by atoms with Crippen LogP contribution in [0.3, 0.4) is 0 Å². The second-order valence-corrected chi connectivity index (χ2v) is 5.50. The van der Waals surface area contributed by atoms with Crippen molar-refractivity contribution in [3.05, 3.63) is 18.2 Å². The van der Waals surface area contributed by atoms with E-state index in [2.05, 4.69) is 15.3 Å². The summed E-state index contributed by atoms with van der Waals surface area (Å²) in [5.41, 5.74) is 0. The number of carbonyl (C=O) groups excluding carboxylic acids is 2. The van der Waals surface area contributed by atoms with Gasteiger partial charge in [0, 0.05) is 32.3 Å². The molecule has 2 saturated heterocycles. The van der Waals surface area contributed by atoms with E-state index < -0.39 is 5.82 Å². The Hall–Kier alpha value is -2.29. The van der Waals surface area contributed by atoms with Crippen LogP contribution >= 0.6 is 0 Å². The van der Waals surface area contributed by atoms with Gasteiger partial charge in [0.15, 0.2) is 5.82 Å². The molecule has 3 amide bonds. The fourth-order valence-corrected chi connectivity index (χ4v) is 2.61. The second-order valence-electron chi connectivity index (χ2n) is 5.50. The lowest BCUT2D eigenvalue weighted by Crippen LogP contribution is -2.56. The van der Waals surface area contributed by atoms with E-state index in [0.717, 1.165) is 25.2 Å². The summed E-state index contributed by atoms with van der Waals surface area (Å²) < 4.78 is 18.1. The van der Waals surface area contributed by atoms with Crippen LogP contribution < -0.4 is 10.2 Å². The van der Waals surface area contributed by atoms with Crippen molar-refractivity contribution in [2.75, 3.05) is 37.7 Å². The lowest BCUT2D eigenvalue weighted by Gasteiger charge is -2.34. The first-order chi connectivity index (χ1) is 11.1. The molecule has 0 spiro atoms. The third-order valence-electron chi connectivity index (χ3n) is 3.90. The highest BCUT2D eigenvalue weighted by Crippen LogP contribution is 2.13.